The van der Waals surface area contributed by atoms with Gasteiger partial charge in [-0.3, -0.25) is 0 Å². The van der Waals surface area contributed by atoms with E-state index >= 15 is 0 Å². The summed E-state index contributed by atoms with van der Waals surface area (Å²) >= 11 is 0. The van der Waals surface area contributed by atoms with E-state index in [9.17, 15) is 4.79 Å². The van der Waals surface area contributed by atoms with E-state index in [1.807, 2.05) is 13.8 Å². The van der Waals surface area contributed by atoms with Crippen molar-refractivity contribution in [3.05, 3.63) is 0 Å². The van der Waals surface area contributed by atoms with Crippen LogP contribution in [-0.4, -0.2) is 30.4 Å². The van der Waals surface area contributed by atoms with E-state index in [-0.39, 0.29) is 17.2 Å². The second-order valence-corrected chi connectivity index (χ2v) is 4.52. The van der Waals surface area contributed by atoms with Crippen molar-refractivity contribution < 1.29 is 14.3 Å². The average Bonchev–Trinajstić information content (AvgIpc) is 2.29. The zero-order valence-electron chi connectivity index (χ0n) is 8.05. The molecule has 0 bridgehead atoms. The lowest BCUT2D eigenvalue weighted by atomic mass is 9.82. The summed E-state index contributed by atoms with van der Waals surface area (Å²) in [5.41, 5.74) is -0.321. The summed E-state index contributed by atoms with van der Waals surface area (Å²) in [5, 5.41) is 2.88. The summed E-state index contributed by atoms with van der Waals surface area (Å²) in [6.07, 6.45) is 1.38. The number of rotatable bonds is 0. The summed E-state index contributed by atoms with van der Waals surface area (Å²) < 4.78 is 10.5. The van der Waals surface area contributed by atoms with Crippen LogP contribution in [0, 0.1) is 0 Å². The quantitative estimate of drug-likeness (QED) is 0.613. The third-order valence-electron chi connectivity index (χ3n) is 2.68. The normalized spacial score (nSPS) is 37.2. The third kappa shape index (κ3) is 1.63. The zero-order chi connectivity index (χ0) is 9.53. The number of carbonyl (C=O) groups excluding carboxylic acids is 1. The molecule has 1 amide bonds. The predicted molar refractivity (Wildman–Crippen MR) is 46.5 cm³/mol. The number of amides is 1. The molecule has 13 heavy (non-hydrogen) atoms. The molecule has 0 aliphatic carbocycles. The number of cyclic esters (lactones) is 1. The molecule has 1 atom stereocenters. The van der Waals surface area contributed by atoms with Crippen LogP contribution in [0.2, 0.25) is 0 Å². The summed E-state index contributed by atoms with van der Waals surface area (Å²) in [7, 11) is 0. The summed E-state index contributed by atoms with van der Waals surface area (Å²) in [4.78, 5) is 11.0. The molecular weight excluding hydrogens is 170 g/mol. The van der Waals surface area contributed by atoms with Gasteiger partial charge in [-0.1, -0.05) is 0 Å². The number of alkyl carbamates (subject to hydrolysis) is 1. The highest BCUT2D eigenvalue weighted by Crippen LogP contribution is 2.34. The Hall–Kier alpha value is -0.770. The van der Waals surface area contributed by atoms with E-state index in [1.165, 1.54) is 0 Å². The molecule has 0 aromatic carbocycles. The van der Waals surface area contributed by atoms with E-state index in [4.69, 9.17) is 9.47 Å². The first-order chi connectivity index (χ1) is 6.02. The van der Waals surface area contributed by atoms with Gasteiger partial charge >= 0.3 is 6.09 Å². The first-order valence-electron chi connectivity index (χ1n) is 4.60. The van der Waals surface area contributed by atoms with Crippen LogP contribution < -0.4 is 5.32 Å². The highest BCUT2D eigenvalue weighted by Gasteiger charge is 2.46. The summed E-state index contributed by atoms with van der Waals surface area (Å²) in [6, 6.07) is 0. The molecule has 0 saturated carbocycles. The smallest absolute Gasteiger partial charge is 0.407 e. The van der Waals surface area contributed by atoms with Gasteiger partial charge in [0.15, 0.2) is 0 Å². The van der Waals surface area contributed by atoms with E-state index in [2.05, 4.69) is 5.32 Å². The SMILES string of the molecule is CC1(C)CC2(CCO1)COC(=O)N2. The minimum Gasteiger partial charge on any atom is -0.447 e. The average molecular weight is 185 g/mol. The van der Waals surface area contributed by atoms with Crippen molar-refractivity contribution in [3.63, 3.8) is 0 Å². The lowest BCUT2D eigenvalue weighted by Crippen LogP contribution is -2.53. The first-order valence-corrected chi connectivity index (χ1v) is 4.60. The van der Waals surface area contributed by atoms with Gasteiger partial charge in [0.1, 0.15) is 6.61 Å². The van der Waals surface area contributed by atoms with Crippen LogP contribution in [-0.2, 0) is 9.47 Å². The maximum atomic E-state index is 11.0. The zero-order valence-corrected chi connectivity index (χ0v) is 8.05. The first kappa shape index (κ1) is 8.81. The Bertz CT molecular complexity index is 239. The minimum atomic E-state index is -0.294. The van der Waals surface area contributed by atoms with E-state index < -0.39 is 0 Å². The molecule has 2 heterocycles. The summed E-state index contributed by atoms with van der Waals surface area (Å²) in [6.45, 7) is 5.26. The number of carbonyl (C=O) groups is 1. The molecule has 2 saturated heterocycles. The minimum absolute atomic E-state index is 0.154. The molecule has 4 nitrogen and oxygen atoms in total. The highest BCUT2D eigenvalue weighted by atomic mass is 16.6. The predicted octanol–water partition coefficient (Wildman–Crippen LogP) is 1.05. The van der Waals surface area contributed by atoms with E-state index in [0.29, 0.717) is 13.2 Å². The van der Waals surface area contributed by atoms with Gasteiger partial charge in [-0.15, -0.1) is 0 Å². The molecule has 0 aromatic rings. The molecule has 2 rings (SSSR count). The molecule has 1 spiro atoms. The van der Waals surface area contributed by atoms with Crippen molar-refractivity contribution in [2.45, 2.75) is 37.8 Å². The van der Waals surface area contributed by atoms with E-state index in [1.54, 1.807) is 0 Å². The van der Waals surface area contributed by atoms with Crippen LogP contribution in [0.3, 0.4) is 0 Å². The third-order valence-corrected chi connectivity index (χ3v) is 2.68. The van der Waals surface area contributed by atoms with Crippen LogP contribution in [0.4, 0.5) is 4.79 Å². The Kier molecular flexibility index (Phi) is 1.77. The van der Waals surface area contributed by atoms with Crippen LogP contribution >= 0.6 is 0 Å². The molecule has 1 N–H and O–H groups in total. The van der Waals surface area contributed by atoms with Gasteiger partial charge in [0.25, 0.3) is 0 Å². The Morgan fingerprint density at radius 2 is 2.23 bits per heavy atom. The number of nitrogens with one attached hydrogen (secondary N) is 1. The number of hydrogen-bond acceptors (Lipinski definition) is 3. The second-order valence-electron chi connectivity index (χ2n) is 4.52. The molecule has 1 unspecified atom stereocenters. The maximum absolute atomic E-state index is 11.0. The lowest BCUT2D eigenvalue weighted by Gasteiger charge is -2.40. The molecule has 2 fully saturated rings. The van der Waals surface area contributed by atoms with Crippen molar-refractivity contribution in [3.8, 4) is 0 Å². The fourth-order valence-electron chi connectivity index (χ4n) is 2.20. The van der Waals surface area contributed by atoms with Gasteiger partial charge in [-0.2, -0.15) is 0 Å². The molecular formula is C9H15NO3. The van der Waals surface area contributed by atoms with Crippen molar-refractivity contribution >= 4 is 6.09 Å². The van der Waals surface area contributed by atoms with E-state index in [0.717, 1.165) is 12.8 Å². The molecule has 0 aromatic heterocycles. The Balaban J connectivity index is 2.11. The monoisotopic (exact) mass is 185 g/mol. The van der Waals surface area contributed by atoms with Gasteiger partial charge in [-0.25, -0.2) is 4.79 Å². The van der Waals surface area contributed by atoms with Crippen LogP contribution in [0.25, 0.3) is 0 Å². The van der Waals surface area contributed by atoms with Crippen LogP contribution in [0.15, 0.2) is 0 Å². The Labute approximate surface area is 77.6 Å². The fraction of sp³-hybridized carbons (Fsp3) is 0.889. The molecule has 4 heteroatoms. The Morgan fingerprint density at radius 1 is 1.46 bits per heavy atom. The van der Waals surface area contributed by atoms with Crippen molar-refractivity contribution in [1.29, 1.82) is 0 Å². The van der Waals surface area contributed by atoms with Gasteiger partial charge in [0.05, 0.1) is 11.1 Å². The molecule has 2 aliphatic rings. The highest BCUT2D eigenvalue weighted by molar-refractivity contribution is 5.70. The number of hydrogen-bond donors (Lipinski definition) is 1. The van der Waals surface area contributed by atoms with Crippen LogP contribution in [0.5, 0.6) is 0 Å². The maximum Gasteiger partial charge on any atom is 0.407 e. The number of ether oxygens (including phenoxy) is 2. The lowest BCUT2D eigenvalue weighted by molar-refractivity contribution is -0.0848. The Morgan fingerprint density at radius 3 is 2.77 bits per heavy atom. The second kappa shape index (κ2) is 2.61. The fourth-order valence-corrected chi connectivity index (χ4v) is 2.20. The summed E-state index contributed by atoms with van der Waals surface area (Å²) in [5.74, 6) is 0. The molecule has 74 valence electrons. The van der Waals surface area contributed by atoms with Gasteiger partial charge in [0.2, 0.25) is 0 Å². The van der Waals surface area contributed by atoms with Crippen molar-refractivity contribution in [1.82, 2.24) is 5.32 Å². The molecule has 2 aliphatic heterocycles. The topological polar surface area (TPSA) is 47.6 Å². The molecule has 0 radical (unpaired) electrons. The van der Waals surface area contributed by atoms with Crippen molar-refractivity contribution in [2.24, 2.45) is 0 Å². The van der Waals surface area contributed by atoms with Crippen molar-refractivity contribution in [2.75, 3.05) is 13.2 Å². The van der Waals surface area contributed by atoms with Gasteiger partial charge < -0.3 is 14.8 Å². The van der Waals surface area contributed by atoms with Gasteiger partial charge in [-0.05, 0) is 20.3 Å². The van der Waals surface area contributed by atoms with Gasteiger partial charge in [0, 0.05) is 13.0 Å². The largest absolute Gasteiger partial charge is 0.447 e. The standard InChI is InChI=1S/C9H15NO3/c1-8(2)5-9(3-4-13-8)6-12-7(11)10-9/h3-6H2,1-2H3,(H,10,11). The van der Waals surface area contributed by atoms with Crippen LogP contribution in [0.1, 0.15) is 26.7 Å².